The monoisotopic (exact) mass is 235 g/mol. The lowest BCUT2D eigenvalue weighted by Crippen LogP contribution is -1.89. The summed E-state index contributed by atoms with van der Waals surface area (Å²) in [6.45, 7) is 0. The summed E-state index contributed by atoms with van der Waals surface area (Å²) in [6.07, 6.45) is 0. The molecule has 82 valence electrons. The minimum absolute atomic E-state index is 0.0127. The molecular formula is C11H9NO3S. The van der Waals surface area contributed by atoms with Crippen LogP contribution in [-0.4, -0.2) is 16.2 Å². The lowest BCUT2D eigenvalue weighted by molar-refractivity contribution is 0.0702. The van der Waals surface area contributed by atoms with Crippen LogP contribution in [0.15, 0.2) is 30.3 Å². The van der Waals surface area contributed by atoms with Crippen LogP contribution in [0.2, 0.25) is 0 Å². The molecule has 0 radical (unpaired) electrons. The van der Waals surface area contributed by atoms with E-state index < -0.39 is 5.97 Å². The van der Waals surface area contributed by atoms with Gasteiger partial charge in [0.15, 0.2) is 0 Å². The Hall–Kier alpha value is -2.01. The molecule has 0 saturated heterocycles. The predicted octanol–water partition coefficient (Wildman–Crippen LogP) is 2.40. The number of para-hydroxylation sites is 1. The van der Waals surface area contributed by atoms with Crippen molar-refractivity contribution in [2.45, 2.75) is 0 Å². The van der Waals surface area contributed by atoms with Gasteiger partial charge in [-0.1, -0.05) is 6.07 Å². The number of aromatic carboxylic acids is 1. The van der Waals surface area contributed by atoms with Gasteiger partial charge in [0.05, 0.1) is 5.69 Å². The Morgan fingerprint density at radius 2 is 2.00 bits per heavy atom. The van der Waals surface area contributed by atoms with Crippen molar-refractivity contribution in [1.82, 2.24) is 0 Å². The average molecular weight is 235 g/mol. The van der Waals surface area contributed by atoms with Gasteiger partial charge in [0.25, 0.3) is 0 Å². The molecule has 4 nitrogen and oxygen atoms in total. The van der Waals surface area contributed by atoms with Gasteiger partial charge in [-0.05, 0) is 24.3 Å². The normalized spacial score (nSPS) is 10.2. The number of aromatic hydroxyl groups is 1. The van der Waals surface area contributed by atoms with Crippen molar-refractivity contribution in [2.24, 2.45) is 0 Å². The largest absolute Gasteiger partial charge is 0.505 e. The van der Waals surface area contributed by atoms with E-state index in [9.17, 15) is 9.90 Å². The summed E-state index contributed by atoms with van der Waals surface area (Å²) in [5, 5.41) is 18.5. The molecule has 0 spiro atoms. The van der Waals surface area contributed by atoms with E-state index in [2.05, 4.69) is 0 Å². The second-order valence-electron chi connectivity index (χ2n) is 3.21. The molecule has 0 aliphatic carbocycles. The first-order chi connectivity index (χ1) is 7.59. The lowest BCUT2D eigenvalue weighted by Gasteiger charge is -2.03. The van der Waals surface area contributed by atoms with Crippen LogP contribution < -0.4 is 5.73 Å². The van der Waals surface area contributed by atoms with Crippen molar-refractivity contribution in [3.63, 3.8) is 0 Å². The van der Waals surface area contributed by atoms with Gasteiger partial charge in [0.1, 0.15) is 10.6 Å². The molecule has 0 amide bonds. The molecule has 0 bridgehead atoms. The van der Waals surface area contributed by atoms with Gasteiger partial charge in [0.2, 0.25) is 0 Å². The van der Waals surface area contributed by atoms with Crippen molar-refractivity contribution in [2.75, 3.05) is 5.73 Å². The van der Waals surface area contributed by atoms with Crippen LogP contribution in [0.4, 0.5) is 5.69 Å². The summed E-state index contributed by atoms with van der Waals surface area (Å²) in [5.74, 6) is -0.985. The zero-order chi connectivity index (χ0) is 11.7. The standard InChI is InChI=1S/C11H9NO3S/c12-7-3-1-2-6(10(7)13)8-4-5-9(16-8)11(14)15/h1-5,13H,12H2,(H,14,15)/i11+0. The van der Waals surface area contributed by atoms with E-state index in [1.165, 1.54) is 6.07 Å². The SMILES string of the molecule is Nc1cccc(-c2ccc([12C](=O)O)s2)c1O. The van der Waals surface area contributed by atoms with Gasteiger partial charge in [-0.25, -0.2) is 4.79 Å². The zero-order valence-corrected chi connectivity index (χ0v) is 8.99. The van der Waals surface area contributed by atoms with Gasteiger partial charge in [-0.15, -0.1) is 11.3 Å². The van der Waals surface area contributed by atoms with Crippen LogP contribution in [0.1, 0.15) is 9.67 Å². The zero-order valence-electron chi connectivity index (χ0n) is 8.18. The van der Waals surface area contributed by atoms with Crippen LogP contribution in [0.5, 0.6) is 5.75 Å². The molecule has 1 heterocycles. The van der Waals surface area contributed by atoms with Gasteiger partial charge >= 0.3 is 5.97 Å². The van der Waals surface area contributed by atoms with Crippen LogP contribution in [0.3, 0.4) is 0 Å². The highest BCUT2D eigenvalue weighted by molar-refractivity contribution is 7.17. The Morgan fingerprint density at radius 1 is 1.25 bits per heavy atom. The molecule has 0 aliphatic rings. The van der Waals surface area contributed by atoms with Crippen molar-refractivity contribution < 1.29 is 15.0 Å². The molecule has 16 heavy (non-hydrogen) atoms. The number of phenols is 1. The maximum absolute atomic E-state index is 10.7. The van der Waals surface area contributed by atoms with Crippen LogP contribution >= 0.6 is 11.3 Å². The van der Waals surface area contributed by atoms with Crippen LogP contribution in [0.25, 0.3) is 10.4 Å². The third kappa shape index (κ3) is 1.72. The molecular weight excluding hydrogens is 226 g/mol. The summed E-state index contributed by atoms with van der Waals surface area (Å²) in [7, 11) is 0. The quantitative estimate of drug-likeness (QED) is 0.551. The third-order valence-corrected chi connectivity index (χ3v) is 3.26. The van der Waals surface area contributed by atoms with Gasteiger partial charge in [0, 0.05) is 10.4 Å². The second-order valence-corrected chi connectivity index (χ2v) is 4.30. The molecule has 0 aliphatic heterocycles. The van der Waals surface area contributed by atoms with Crippen LogP contribution in [0, 0.1) is 0 Å². The van der Waals surface area contributed by atoms with Gasteiger partial charge < -0.3 is 15.9 Å². The minimum Gasteiger partial charge on any atom is -0.505 e. The molecule has 1 aromatic carbocycles. The first-order valence-corrected chi connectivity index (χ1v) is 5.32. The van der Waals surface area contributed by atoms with E-state index in [1.807, 2.05) is 0 Å². The van der Waals surface area contributed by atoms with Gasteiger partial charge in [-0.2, -0.15) is 0 Å². The molecule has 0 fully saturated rings. The molecule has 4 N–H and O–H groups in total. The summed E-state index contributed by atoms with van der Waals surface area (Å²) in [6, 6.07) is 8.16. The second kappa shape index (κ2) is 3.86. The molecule has 0 unspecified atom stereocenters. The van der Waals surface area contributed by atoms with E-state index in [4.69, 9.17) is 10.8 Å². The first kappa shape index (κ1) is 10.5. The number of hydrogen-bond acceptors (Lipinski definition) is 4. The molecule has 2 rings (SSSR count). The number of thiophene rings is 1. The first-order valence-electron chi connectivity index (χ1n) is 4.50. The Bertz CT molecular complexity index is 548. The number of hydrogen-bond donors (Lipinski definition) is 3. The van der Waals surface area contributed by atoms with E-state index in [1.54, 1.807) is 24.3 Å². The third-order valence-electron chi connectivity index (χ3n) is 2.15. The Morgan fingerprint density at radius 3 is 2.62 bits per heavy atom. The minimum atomic E-state index is -0.973. The summed E-state index contributed by atoms with van der Waals surface area (Å²) < 4.78 is 0. The fourth-order valence-corrected chi connectivity index (χ4v) is 2.23. The van der Waals surface area contributed by atoms with Crippen molar-refractivity contribution in [1.29, 1.82) is 0 Å². The van der Waals surface area contributed by atoms with Gasteiger partial charge in [-0.3, -0.25) is 0 Å². The predicted molar refractivity (Wildman–Crippen MR) is 62.8 cm³/mol. The fraction of sp³-hybridized carbons (Fsp3) is 0. The van der Waals surface area contributed by atoms with Crippen molar-refractivity contribution in [3.05, 3.63) is 35.2 Å². The highest BCUT2D eigenvalue weighted by Gasteiger charge is 2.12. The number of carbonyl (C=O) groups is 1. The number of nitrogens with two attached hydrogens (primary N) is 1. The van der Waals surface area contributed by atoms with Crippen molar-refractivity contribution >= 4 is 23.0 Å². The summed E-state index contributed by atoms with van der Waals surface area (Å²) in [4.78, 5) is 11.6. The Balaban J connectivity index is 2.50. The average Bonchev–Trinajstić information content (AvgIpc) is 2.71. The highest BCUT2D eigenvalue weighted by Crippen LogP contribution is 2.37. The van der Waals surface area contributed by atoms with Crippen LogP contribution in [-0.2, 0) is 0 Å². The number of rotatable bonds is 2. The van der Waals surface area contributed by atoms with Crippen molar-refractivity contribution in [3.8, 4) is 16.2 Å². The van der Waals surface area contributed by atoms with E-state index in [0.29, 0.717) is 10.4 Å². The number of carboxylic acids is 1. The Kier molecular flexibility index (Phi) is 2.54. The number of nitrogen functional groups attached to an aromatic ring is 1. The van der Waals surface area contributed by atoms with E-state index in [-0.39, 0.29) is 16.3 Å². The number of benzene rings is 1. The number of phenolic OH excluding ortho intramolecular Hbond substituents is 1. The smallest absolute Gasteiger partial charge is 0.345 e. The van der Waals surface area contributed by atoms with E-state index >= 15 is 0 Å². The maximum atomic E-state index is 10.7. The lowest BCUT2D eigenvalue weighted by atomic mass is 10.1. The molecule has 1 aromatic heterocycles. The summed E-state index contributed by atoms with van der Waals surface area (Å²) >= 11 is 1.10. The maximum Gasteiger partial charge on any atom is 0.345 e. The molecule has 5 heteroatoms. The highest BCUT2D eigenvalue weighted by atomic mass is 32.1. The molecule has 2 aromatic rings. The number of anilines is 1. The molecule has 0 atom stereocenters. The molecule has 0 saturated carbocycles. The number of carboxylic acid groups (broad SMARTS) is 1. The topological polar surface area (TPSA) is 83.6 Å². The fourth-order valence-electron chi connectivity index (χ4n) is 1.36. The summed E-state index contributed by atoms with van der Waals surface area (Å²) in [5.41, 5.74) is 6.40. The Labute approximate surface area is 95.6 Å². The van der Waals surface area contributed by atoms with E-state index in [0.717, 1.165) is 11.3 Å².